The minimum atomic E-state index is -3.74. The Morgan fingerprint density at radius 1 is 1.12 bits per heavy atom. The number of hydrogen-bond donors (Lipinski definition) is 1. The van der Waals surface area contributed by atoms with Crippen molar-refractivity contribution < 1.29 is 13.2 Å². The van der Waals surface area contributed by atoms with E-state index >= 15 is 0 Å². The van der Waals surface area contributed by atoms with Crippen LogP contribution in [0, 0.1) is 12.8 Å². The second-order valence-corrected chi connectivity index (χ2v) is 9.33. The molecule has 2 aromatic carbocycles. The lowest BCUT2D eigenvalue weighted by atomic mass is 9.92. The van der Waals surface area contributed by atoms with Crippen LogP contribution < -0.4 is 9.46 Å². The van der Waals surface area contributed by atoms with E-state index in [-0.39, 0.29) is 4.90 Å². The lowest BCUT2D eigenvalue weighted by Gasteiger charge is -2.27. The number of nitrogens with one attached hydrogen (secondary N) is 1. The van der Waals surface area contributed by atoms with Crippen LogP contribution in [0.1, 0.15) is 44.4 Å². The topological polar surface area (TPSA) is 55.4 Å². The summed E-state index contributed by atoms with van der Waals surface area (Å²) >= 11 is 0. The number of benzene rings is 2. The van der Waals surface area contributed by atoms with Gasteiger partial charge in [-0.15, -0.1) is 0 Å². The molecule has 142 valence electrons. The summed E-state index contributed by atoms with van der Waals surface area (Å²) in [6, 6.07) is 13.2. The molecule has 0 amide bonds. The van der Waals surface area contributed by atoms with Crippen LogP contribution in [0.15, 0.2) is 47.4 Å². The maximum Gasteiger partial charge on any atom is 0.245 e. The monoisotopic (exact) mass is 375 g/mol. The minimum absolute atomic E-state index is 0.150. The summed E-state index contributed by atoms with van der Waals surface area (Å²) in [5, 5.41) is 0. The molecule has 2 aromatic rings. The van der Waals surface area contributed by atoms with Crippen molar-refractivity contribution in [3.63, 3.8) is 0 Å². The third-order valence-corrected chi connectivity index (χ3v) is 5.99. The van der Waals surface area contributed by atoms with E-state index in [1.165, 1.54) is 12.7 Å². The molecule has 0 aliphatic heterocycles. The van der Waals surface area contributed by atoms with Gasteiger partial charge in [0.1, 0.15) is 10.6 Å². The Hall–Kier alpha value is -1.85. The number of ether oxygens (including phenoxy) is 1. The van der Waals surface area contributed by atoms with E-state index in [1.807, 2.05) is 32.9 Å². The Morgan fingerprint density at radius 2 is 1.81 bits per heavy atom. The molecule has 5 heteroatoms. The van der Waals surface area contributed by atoms with Gasteiger partial charge in [-0.05, 0) is 61.9 Å². The van der Waals surface area contributed by atoms with Gasteiger partial charge in [0.25, 0.3) is 0 Å². The second kappa shape index (κ2) is 7.80. The normalized spacial score (nSPS) is 12.4. The van der Waals surface area contributed by atoms with Crippen LogP contribution in [0.5, 0.6) is 5.75 Å². The third kappa shape index (κ3) is 4.86. The van der Waals surface area contributed by atoms with E-state index in [9.17, 15) is 8.42 Å². The molecular formula is C21H29NO3S. The SMILES string of the molecule is COc1cc(C)ccc1S(=O)(=O)NC(C)(C)c1cccc(CC(C)C)c1. The van der Waals surface area contributed by atoms with E-state index in [0.717, 1.165) is 17.5 Å². The quantitative estimate of drug-likeness (QED) is 0.779. The highest BCUT2D eigenvalue weighted by Crippen LogP contribution is 2.29. The zero-order valence-corrected chi connectivity index (χ0v) is 17.3. The number of aryl methyl sites for hydroxylation is 1. The van der Waals surface area contributed by atoms with Crippen molar-refractivity contribution in [3.05, 3.63) is 59.2 Å². The molecule has 0 aromatic heterocycles. The zero-order valence-electron chi connectivity index (χ0n) is 16.5. The number of methoxy groups -OCH3 is 1. The van der Waals surface area contributed by atoms with Crippen molar-refractivity contribution in [2.45, 2.75) is 51.5 Å². The zero-order chi connectivity index (χ0) is 19.5. The molecule has 0 saturated heterocycles. The summed E-state index contributed by atoms with van der Waals surface area (Å²) in [5.74, 6) is 0.892. The highest BCUT2D eigenvalue weighted by Gasteiger charge is 2.30. The molecule has 0 bridgehead atoms. The highest BCUT2D eigenvalue weighted by atomic mass is 32.2. The van der Waals surface area contributed by atoms with Crippen LogP contribution in [0.3, 0.4) is 0 Å². The number of rotatable bonds is 7. The van der Waals surface area contributed by atoms with Gasteiger partial charge in [0.15, 0.2) is 0 Å². The Balaban J connectivity index is 2.36. The van der Waals surface area contributed by atoms with Crippen LogP contribution in [-0.2, 0) is 22.0 Å². The predicted octanol–water partition coefficient (Wildman–Crippen LogP) is 4.42. The van der Waals surface area contributed by atoms with Crippen molar-refractivity contribution in [3.8, 4) is 5.75 Å². The molecule has 2 rings (SSSR count). The van der Waals surface area contributed by atoms with Crippen molar-refractivity contribution in [1.29, 1.82) is 0 Å². The van der Waals surface area contributed by atoms with Gasteiger partial charge in [0, 0.05) is 0 Å². The smallest absolute Gasteiger partial charge is 0.245 e. The maximum absolute atomic E-state index is 13.0. The molecule has 1 N–H and O–H groups in total. The average molecular weight is 376 g/mol. The Morgan fingerprint density at radius 3 is 2.42 bits per heavy atom. The van der Waals surface area contributed by atoms with E-state index in [2.05, 4.69) is 30.7 Å². The van der Waals surface area contributed by atoms with Crippen molar-refractivity contribution >= 4 is 10.0 Å². The largest absolute Gasteiger partial charge is 0.495 e. The fourth-order valence-electron chi connectivity index (χ4n) is 3.01. The molecular weight excluding hydrogens is 346 g/mol. The van der Waals surface area contributed by atoms with Crippen LogP contribution >= 0.6 is 0 Å². The molecule has 0 aliphatic rings. The summed E-state index contributed by atoms with van der Waals surface area (Å²) in [6.07, 6.45) is 0.961. The summed E-state index contributed by atoms with van der Waals surface area (Å²) < 4.78 is 34.1. The van der Waals surface area contributed by atoms with E-state index in [1.54, 1.807) is 18.2 Å². The molecule has 0 aliphatic carbocycles. The van der Waals surface area contributed by atoms with Crippen molar-refractivity contribution in [2.24, 2.45) is 5.92 Å². The van der Waals surface area contributed by atoms with Crippen LogP contribution in [-0.4, -0.2) is 15.5 Å². The van der Waals surface area contributed by atoms with Gasteiger partial charge >= 0.3 is 0 Å². The average Bonchev–Trinajstić information content (AvgIpc) is 2.53. The first-order valence-corrected chi connectivity index (χ1v) is 10.3. The first-order valence-electron chi connectivity index (χ1n) is 8.83. The summed E-state index contributed by atoms with van der Waals surface area (Å²) in [4.78, 5) is 0.150. The Kier molecular flexibility index (Phi) is 6.14. The van der Waals surface area contributed by atoms with Gasteiger partial charge in [-0.2, -0.15) is 0 Å². The van der Waals surface area contributed by atoms with E-state index < -0.39 is 15.6 Å². The first kappa shape index (κ1) is 20.5. The van der Waals surface area contributed by atoms with Gasteiger partial charge < -0.3 is 4.74 Å². The lowest BCUT2D eigenvalue weighted by Crippen LogP contribution is -2.41. The van der Waals surface area contributed by atoms with Gasteiger partial charge in [0.2, 0.25) is 10.0 Å². The standard InChI is InChI=1S/C21H29NO3S/c1-15(2)12-17-8-7-9-18(14-17)21(4,5)22-26(23,24)20-11-10-16(3)13-19(20)25-6/h7-11,13-15,22H,12H2,1-6H3. The second-order valence-electron chi connectivity index (χ2n) is 7.68. The van der Waals surface area contributed by atoms with Crippen molar-refractivity contribution in [1.82, 2.24) is 4.72 Å². The van der Waals surface area contributed by atoms with Gasteiger partial charge in [-0.25, -0.2) is 13.1 Å². The summed E-state index contributed by atoms with van der Waals surface area (Å²) in [5.41, 5.74) is 2.34. The molecule has 4 nitrogen and oxygen atoms in total. The molecule has 0 heterocycles. The van der Waals surface area contributed by atoms with Crippen molar-refractivity contribution in [2.75, 3.05) is 7.11 Å². The molecule has 0 unspecified atom stereocenters. The molecule has 0 atom stereocenters. The fourth-order valence-corrected chi connectivity index (χ4v) is 4.56. The van der Waals surface area contributed by atoms with Gasteiger partial charge in [0.05, 0.1) is 12.6 Å². The van der Waals surface area contributed by atoms with Crippen LogP contribution in [0.25, 0.3) is 0 Å². The third-order valence-electron chi connectivity index (χ3n) is 4.29. The number of sulfonamides is 1. The maximum atomic E-state index is 13.0. The molecule has 0 fully saturated rings. The minimum Gasteiger partial charge on any atom is -0.495 e. The lowest BCUT2D eigenvalue weighted by molar-refractivity contribution is 0.400. The van der Waals surface area contributed by atoms with Crippen LogP contribution in [0.2, 0.25) is 0 Å². The Bertz CT molecular complexity index is 871. The molecule has 26 heavy (non-hydrogen) atoms. The van der Waals surface area contributed by atoms with Gasteiger partial charge in [-0.3, -0.25) is 0 Å². The molecule has 0 spiro atoms. The molecule has 0 radical (unpaired) electrons. The van der Waals surface area contributed by atoms with Crippen LogP contribution in [0.4, 0.5) is 0 Å². The predicted molar refractivity (Wildman–Crippen MR) is 106 cm³/mol. The highest BCUT2D eigenvalue weighted by molar-refractivity contribution is 7.89. The number of hydrogen-bond acceptors (Lipinski definition) is 3. The Labute approximate surface area is 157 Å². The van der Waals surface area contributed by atoms with E-state index in [0.29, 0.717) is 11.7 Å². The van der Waals surface area contributed by atoms with Gasteiger partial charge in [-0.1, -0.05) is 44.2 Å². The first-order chi connectivity index (χ1) is 12.0. The fraction of sp³-hybridized carbons (Fsp3) is 0.429. The van der Waals surface area contributed by atoms with E-state index in [4.69, 9.17) is 4.74 Å². The summed E-state index contributed by atoms with van der Waals surface area (Å²) in [6.45, 7) is 9.99. The molecule has 0 saturated carbocycles. The summed E-state index contributed by atoms with van der Waals surface area (Å²) in [7, 11) is -2.26.